The van der Waals surface area contributed by atoms with Crippen molar-refractivity contribution in [1.82, 2.24) is 15.1 Å². The van der Waals surface area contributed by atoms with Gasteiger partial charge in [0.15, 0.2) is 5.69 Å². The van der Waals surface area contributed by atoms with E-state index < -0.39 is 30.4 Å². The Bertz CT molecular complexity index is 1210. The summed E-state index contributed by atoms with van der Waals surface area (Å²) in [5.74, 6) is -1.97. The van der Waals surface area contributed by atoms with Crippen molar-refractivity contribution >= 4 is 11.9 Å². The van der Waals surface area contributed by atoms with Gasteiger partial charge < -0.3 is 20.6 Å². The lowest BCUT2D eigenvalue weighted by atomic mass is 9.95. The van der Waals surface area contributed by atoms with Crippen molar-refractivity contribution in [1.29, 1.82) is 0 Å². The maximum atomic E-state index is 13.6. The summed E-state index contributed by atoms with van der Waals surface area (Å²) in [6.07, 6.45) is -2.13. The van der Waals surface area contributed by atoms with E-state index in [0.29, 0.717) is 29.9 Å². The largest absolute Gasteiger partial charge is 0.481 e. The predicted molar refractivity (Wildman–Crippen MR) is 137 cm³/mol. The third-order valence-electron chi connectivity index (χ3n) is 6.13. The molecule has 9 heteroatoms. The van der Waals surface area contributed by atoms with Crippen LogP contribution < -0.4 is 5.32 Å². The highest BCUT2D eigenvalue weighted by atomic mass is 19.1. The topological polar surface area (TPSA) is 125 Å². The lowest BCUT2D eigenvalue weighted by molar-refractivity contribution is -0.139. The summed E-state index contributed by atoms with van der Waals surface area (Å²) in [4.78, 5) is 24.1. The maximum Gasteiger partial charge on any atom is 0.305 e. The minimum Gasteiger partial charge on any atom is -0.481 e. The lowest BCUT2D eigenvalue weighted by Crippen LogP contribution is -2.24. The van der Waals surface area contributed by atoms with Crippen molar-refractivity contribution in [2.24, 2.45) is 0 Å². The van der Waals surface area contributed by atoms with Crippen LogP contribution in [-0.2, 0) is 17.8 Å². The van der Waals surface area contributed by atoms with E-state index >= 15 is 0 Å². The second-order valence-electron chi connectivity index (χ2n) is 9.60. The van der Waals surface area contributed by atoms with Gasteiger partial charge in [-0.1, -0.05) is 43.7 Å². The molecule has 1 amide bonds. The molecule has 4 N–H and O–H groups in total. The number of aliphatic carboxylic acids is 1. The summed E-state index contributed by atoms with van der Waals surface area (Å²) in [5.41, 5.74) is 4.29. The van der Waals surface area contributed by atoms with E-state index in [1.807, 2.05) is 45.0 Å². The van der Waals surface area contributed by atoms with E-state index in [-0.39, 0.29) is 30.4 Å². The molecule has 0 radical (unpaired) electrons. The minimum absolute atomic E-state index is 0.0842. The molecule has 0 fully saturated rings. The van der Waals surface area contributed by atoms with Crippen LogP contribution in [-0.4, -0.2) is 49.2 Å². The molecule has 2 aromatic carbocycles. The molecular weight excluding hydrogens is 477 g/mol. The molecule has 1 aromatic heterocycles. The molecule has 37 heavy (non-hydrogen) atoms. The average molecular weight is 512 g/mol. The lowest BCUT2D eigenvalue weighted by Gasteiger charge is -2.16. The SMILES string of the molecule is Cc1ccc(CNC(=O)c2nn(-c3ccc(F)cc3)c(CC[C@@H](O)C[C@@H](O)CC(=O)O)c2C(C)C)cc1. The Labute approximate surface area is 215 Å². The van der Waals surface area contributed by atoms with Gasteiger partial charge in [-0.05, 0) is 61.9 Å². The molecule has 1 heterocycles. The van der Waals surface area contributed by atoms with Crippen LogP contribution >= 0.6 is 0 Å². The number of benzene rings is 2. The summed E-state index contributed by atoms with van der Waals surface area (Å²) >= 11 is 0. The Kier molecular flexibility index (Phi) is 9.54. The molecular formula is C28H34FN3O5. The standard InChI is InChI=1S/C28H34FN3O5/c1-17(2)26-24(13-12-22(33)14-23(34)15-25(35)36)32(21-10-8-20(29)9-11-21)31-27(26)28(37)30-16-19-6-4-18(3)5-7-19/h4-11,17,22-23,33-34H,12-16H2,1-3H3,(H,30,37)(H,35,36)/t22-,23-/m1/s1. The molecule has 0 aliphatic carbocycles. The Morgan fingerprint density at radius 3 is 2.27 bits per heavy atom. The van der Waals surface area contributed by atoms with Crippen LogP contribution in [0, 0.1) is 12.7 Å². The van der Waals surface area contributed by atoms with Crippen LogP contribution in [0.1, 0.15) is 71.9 Å². The number of hydrogen-bond donors (Lipinski definition) is 4. The van der Waals surface area contributed by atoms with Crippen molar-refractivity contribution in [3.05, 3.63) is 82.4 Å². The Hall–Kier alpha value is -3.56. The zero-order valence-electron chi connectivity index (χ0n) is 21.3. The van der Waals surface area contributed by atoms with Crippen LogP contribution in [0.5, 0.6) is 0 Å². The van der Waals surface area contributed by atoms with Crippen molar-refractivity contribution in [2.75, 3.05) is 0 Å². The average Bonchev–Trinajstić information content (AvgIpc) is 3.22. The van der Waals surface area contributed by atoms with Crippen LogP contribution in [0.25, 0.3) is 5.69 Å². The van der Waals surface area contributed by atoms with Crippen LogP contribution in [0.3, 0.4) is 0 Å². The number of carbonyl (C=O) groups is 2. The highest BCUT2D eigenvalue weighted by Crippen LogP contribution is 2.28. The number of hydrogen-bond acceptors (Lipinski definition) is 5. The fourth-order valence-electron chi connectivity index (χ4n) is 4.27. The van der Waals surface area contributed by atoms with Gasteiger partial charge in [-0.25, -0.2) is 9.07 Å². The monoisotopic (exact) mass is 511 g/mol. The fourth-order valence-corrected chi connectivity index (χ4v) is 4.27. The van der Waals surface area contributed by atoms with E-state index in [0.717, 1.165) is 11.1 Å². The molecule has 0 saturated carbocycles. The van der Waals surface area contributed by atoms with Crippen LogP contribution in [0.4, 0.5) is 4.39 Å². The first-order valence-electron chi connectivity index (χ1n) is 12.3. The summed E-state index contributed by atoms with van der Waals surface area (Å²) in [6.45, 7) is 6.21. The first kappa shape index (κ1) is 28.0. The normalized spacial score (nSPS) is 12.9. The van der Waals surface area contributed by atoms with Gasteiger partial charge in [0.25, 0.3) is 5.91 Å². The summed E-state index contributed by atoms with van der Waals surface area (Å²) < 4.78 is 15.2. The minimum atomic E-state index is -1.16. The quantitative estimate of drug-likeness (QED) is 0.292. The molecule has 0 aliphatic heterocycles. The van der Waals surface area contributed by atoms with E-state index in [2.05, 4.69) is 10.4 Å². The van der Waals surface area contributed by atoms with E-state index in [9.17, 15) is 24.2 Å². The number of carboxylic acid groups (broad SMARTS) is 1. The fraction of sp³-hybridized carbons (Fsp3) is 0.393. The van der Waals surface area contributed by atoms with Gasteiger partial charge in [-0.15, -0.1) is 0 Å². The number of amides is 1. The summed E-state index contributed by atoms with van der Waals surface area (Å²) in [5, 5.41) is 36.7. The molecule has 0 unspecified atom stereocenters. The van der Waals surface area contributed by atoms with Crippen molar-refractivity contribution in [3.8, 4) is 5.69 Å². The summed E-state index contributed by atoms with van der Waals surface area (Å²) in [6, 6.07) is 13.6. The zero-order valence-corrected chi connectivity index (χ0v) is 21.3. The number of carbonyl (C=O) groups excluding carboxylic acids is 1. The molecule has 8 nitrogen and oxygen atoms in total. The van der Waals surface area contributed by atoms with Gasteiger partial charge in [-0.3, -0.25) is 9.59 Å². The Morgan fingerprint density at radius 1 is 1.03 bits per heavy atom. The van der Waals surface area contributed by atoms with Gasteiger partial charge in [0.1, 0.15) is 5.82 Å². The number of rotatable bonds is 12. The van der Waals surface area contributed by atoms with Crippen molar-refractivity contribution in [2.45, 2.75) is 71.1 Å². The third-order valence-corrected chi connectivity index (χ3v) is 6.13. The highest BCUT2D eigenvalue weighted by Gasteiger charge is 2.26. The maximum absolute atomic E-state index is 13.6. The van der Waals surface area contributed by atoms with Gasteiger partial charge in [0, 0.05) is 17.8 Å². The van der Waals surface area contributed by atoms with Crippen LogP contribution in [0.2, 0.25) is 0 Å². The number of aliphatic hydroxyl groups excluding tert-OH is 2. The molecule has 198 valence electrons. The van der Waals surface area contributed by atoms with Crippen molar-refractivity contribution < 1.29 is 29.3 Å². The zero-order chi connectivity index (χ0) is 27.1. The van der Waals surface area contributed by atoms with E-state index in [1.165, 1.54) is 12.1 Å². The highest BCUT2D eigenvalue weighted by molar-refractivity contribution is 5.94. The molecule has 0 saturated heterocycles. The first-order valence-corrected chi connectivity index (χ1v) is 12.3. The Morgan fingerprint density at radius 2 is 1.68 bits per heavy atom. The van der Waals surface area contributed by atoms with Gasteiger partial charge >= 0.3 is 5.97 Å². The molecule has 3 aromatic rings. The predicted octanol–water partition coefficient (Wildman–Crippen LogP) is 3.89. The van der Waals surface area contributed by atoms with Gasteiger partial charge in [0.2, 0.25) is 0 Å². The second kappa shape index (κ2) is 12.6. The molecule has 0 spiro atoms. The number of halogens is 1. The van der Waals surface area contributed by atoms with Crippen molar-refractivity contribution in [3.63, 3.8) is 0 Å². The Balaban J connectivity index is 1.90. The van der Waals surface area contributed by atoms with Gasteiger partial charge in [0.05, 0.1) is 24.3 Å². The number of nitrogens with one attached hydrogen (secondary N) is 1. The number of aryl methyl sites for hydroxylation is 1. The molecule has 0 bridgehead atoms. The number of carboxylic acids is 1. The molecule has 2 atom stereocenters. The summed E-state index contributed by atoms with van der Waals surface area (Å²) in [7, 11) is 0. The first-order chi connectivity index (χ1) is 17.5. The van der Waals surface area contributed by atoms with Gasteiger partial charge in [-0.2, -0.15) is 5.10 Å². The number of aromatic nitrogens is 2. The smallest absolute Gasteiger partial charge is 0.305 e. The second-order valence-corrected chi connectivity index (χ2v) is 9.60. The van der Waals surface area contributed by atoms with E-state index in [1.54, 1.807) is 16.8 Å². The number of nitrogens with zero attached hydrogens (tertiary/aromatic N) is 2. The molecule has 3 rings (SSSR count). The van der Waals surface area contributed by atoms with E-state index in [4.69, 9.17) is 5.11 Å². The third kappa shape index (κ3) is 7.71. The van der Waals surface area contributed by atoms with Crippen LogP contribution in [0.15, 0.2) is 48.5 Å². The number of aliphatic hydroxyl groups is 2. The molecule has 0 aliphatic rings.